The van der Waals surface area contributed by atoms with Gasteiger partial charge < -0.3 is 14.8 Å². The number of alkyl halides is 3. The normalized spacial score (nSPS) is 21.3. The summed E-state index contributed by atoms with van der Waals surface area (Å²) in [6, 6.07) is 6.96. The van der Waals surface area contributed by atoms with Crippen molar-refractivity contribution in [3.05, 3.63) is 30.5 Å². The van der Waals surface area contributed by atoms with Crippen LogP contribution in [0.4, 0.5) is 19.1 Å². The highest BCUT2D eigenvalue weighted by Gasteiger charge is 2.39. The van der Waals surface area contributed by atoms with Crippen LogP contribution >= 0.6 is 0 Å². The standard InChI is InChI=1S/C22H23F3N8O2/c1-34-21-20-14(12-2-3-16-18(6-12)33(30-28-16)9-19(24)25)4-5-32(20)29-22(27-21)26-17-8-31(7-15(17)23)13-10-35-11-13/h2-6,13,15,17,19H,7-11H2,1H3,(H,26,29)/t15-,17+/m0/s1. The van der Waals surface area contributed by atoms with Gasteiger partial charge in [0.25, 0.3) is 6.43 Å². The molecule has 0 spiro atoms. The van der Waals surface area contributed by atoms with Gasteiger partial charge in [-0.25, -0.2) is 22.4 Å². The van der Waals surface area contributed by atoms with Crippen molar-refractivity contribution >= 4 is 22.5 Å². The fraction of sp³-hybridized carbons (Fsp3) is 0.455. The Labute approximate surface area is 197 Å². The topological polar surface area (TPSA) is 94.6 Å². The molecule has 6 rings (SSSR count). The summed E-state index contributed by atoms with van der Waals surface area (Å²) in [5, 5.41) is 15.4. The molecule has 184 valence electrons. The van der Waals surface area contributed by atoms with Crippen LogP contribution in [0, 0.1) is 0 Å². The molecule has 2 saturated heterocycles. The van der Waals surface area contributed by atoms with Gasteiger partial charge in [-0.2, -0.15) is 4.98 Å². The van der Waals surface area contributed by atoms with Gasteiger partial charge in [0.15, 0.2) is 0 Å². The lowest BCUT2D eigenvalue weighted by molar-refractivity contribution is -0.0585. The number of nitrogens with zero attached hydrogens (tertiary/aromatic N) is 7. The first kappa shape index (κ1) is 22.0. The zero-order valence-electron chi connectivity index (χ0n) is 18.8. The molecule has 1 aromatic carbocycles. The largest absolute Gasteiger partial charge is 0.479 e. The van der Waals surface area contributed by atoms with E-state index in [1.165, 1.54) is 11.8 Å². The van der Waals surface area contributed by atoms with E-state index in [0.717, 1.165) is 11.1 Å². The Balaban J connectivity index is 1.32. The molecule has 0 unspecified atom stereocenters. The number of hydrogen-bond donors (Lipinski definition) is 1. The van der Waals surface area contributed by atoms with E-state index in [0.29, 0.717) is 48.7 Å². The van der Waals surface area contributed by atoms with Gasteiger partial charge >= 0.3 is 0 Å². The van der Waals surface area contributed by atoms with Gasteiger partial charge in [0.1, 0.15) is 23.7 Å². The molecule has 5 heterocycles. The van der Waals surface area contributed by atoms with Crippen molar-refractivity contribution in [1.82, 2.24) is 34.5 Å². The molecule has 0 radical (unpaired) electrons. The molecule has 35 heavy (non-hydrogen) atoms. The fourth-order valence-corrected chi connectivity index (χ4v) is 4.65. The number of ether oxygens (including phenoxy) is 2. The number of methoxy groups -OCH3 is 1. The quantitative estimate of drug-likeness (QED) is 0.424. The number of nitrogens with one attached hydrogen (secondary N) is 1. The Morgan fingerprint density at radius 1 is 1.23 bits per heavy atom. The number of hydrogen-bond acceptors (Lipinski definition) is 8. The summed E-state index contributed by atoms with van der Waals surface area (Å²) in [5.74, 6) is 0.560. The number of rotatable bonds is 7. The molecule has 13 heteroatoms. The van der Waals surface area contributed by atoms with Gasteiger partial charge in [0, 0.05) is 24.8 Å². The molecule has 0 bridgehead atoms. The second-order valence-corrected chi connectivity index (χ2v) is 8.75. The summed E-state index contributed by atoms with van der Waals surface area (Å²) < 4.78 is 54.1. The van der Waals surface area contributed by atoms with Crippen LogP contribution in [-0.2, 0) is 11.3 Å². The minimum atomic E-state index is -2.55. The van der Waals surface area contributed by atoms with Crippen LogP contribution in [0.15, 0.2) is 30.5 Å². The first-order valence-corrected chi connectivity index (χ1v) is 11.3. The van der Waals surface area contributed by atoms with Crippen molar-refractivity contribution < 1.29 is 22.6 Å². The minimum Gasteiger partial charge on any atom is -0.479 e. The highest BCUT2D eigenvalue weighted by Crippen LogP contribution is 2.33. The molecular weight excluding hydrogens is 465 g/mol. The predicted octanol–water partition coefficient (Wildman–Crippen LogP) is 2.25. The number of fused-ring (bicyclic) bond motifs is 2. The molecule has 4 aromatic rings. The molecule has 0 aliphatic carbocycles. The van der Waals surface area contributed by atoms with E-state index in [4.69, 9.17) is 9.47 Å². The molecule has 0 saturated carbocycles. The van der Waals surface area contributed by atoms with Crippen LogP contribution in [0.5, 0.6) is 5.88 Å². The number of halogens is 3. The average Bonchev–Trinajstić information content (AvgIpc) is 3.49. The third-order valence-electron chi connectivity index (χ3n) is 6.54. The Bertz CT molecular complexity index is 1370. The Hall–Kier alpha value is -3.45. The third-order valence-corrected chi connectivity index (χ3v) is 6.54. The molecule has 10 nitrogen and oxygen atoms in total. The zero-order valence-corrected chi connectivity index (χ0v) is 18.8. The number of aromatic nitrogens is 6. The van der Waals surface area contributed by atoms with E-state index in [1.807, 2.05) is 12.1 Å². The summed E-state index contributed by atoms with van der Waals surface area (Å²) in [6.45, 7) is 1.60. The third kappa shape index (κ3) is 3.93. The molecule has 2 aliphatic heterocycles. The van der Waals surface area contributed by atoms with Gasteiger partial charge in [0.05, 0.1) is 37.9 Å². The highest BCUT2D eigenvalue weighted by atomic mass is 19.3. The van der Waals surface area contributed by atoms with Gasteiger partial charge in [-0.15, -0.1) is 10.2 Å². The second-order valence-electron chi connectivity index (χ2n) is 8.75. The monoisotopic (exact) mass is 488 g/mol. The summed E-state index contributed by atoms with van der Waals surface area (Å²) in [5.41, 5.74) is 3.12. The van der Waals surface area contributed by atoms with Crippen LogP contribution in [0.3, 0.4) is 0 Å². The maximum atomic E-state index is 14.7. The number of likely N-dealkylation sites (tertiary alicyclic amines) is 1. The Morgan fingerprint density at radius 3 is 2.83 bits per heavy atom. The van der Waals surface area contributed by atoms with Crippen molar-refractivity contribution in [1.29, 1.82) is 0 Å². The van der Waals surface area contributed by atoms with E-state index in [-0.39, 0.29) is 12.0 Å². The van der Waals surface area contributed by atoms with Crippen molar-refractivity contribution in [3.8, 4) is 17.0 Å². The summed E-state index contributed by atoms with van der Waals surface area (Å²) in [7, 11) is 1.50. The molecule has 2 aliphatic rings. The van der Waals surface area contributed by atoms with Gasteiger partial charge in [0.2, 0.25) is 11.8 Å². The maximum Gasteiger partial charge on any atom is 0.258 e. The second kappa shape index (κ2) is 8.64. The molecule has 1 N–H and O–H groups in total. The summed E-state index contributed by atoms with van der Waals surface area (Å²) in [6.07, 6.45) is -1.85. The predicted molar refractivity (Wildman–Crippen MR) is 121 cm³/mol. The van der Waals surface area contributed by atoms with Gasteiger partial charge in [-0.1, -0.05) is 11.3 Å². The number of anilines is 1. The Morgan fingerprint density at radius 2 is 2.09 bits per heavy atom. The number of benzene rings is 1. The van der Waals surface area contributed by atoms with E-state index in [2.05, 4.69) is 30.6 Å². The first-order chi connectivity index (χ1) is 17.0. The first-order valence-electron chi connectivity index (χ1n) is 11.3. The van der Waals surface area contributed by atoms with Crippen LogP contribution in [0.25, 0.3) is 27.7 Å². The SMILES string of the molecule is COc1nc(N[C@@H]2CN(C3COC3)C[C@@H]2F)nn2ccc(-c3ccc4nnn(CC(F)F)c4c3)c12. The zero-order chi connectivity index (χ0) is 24.1. The van der Waals surface area contributed by atoms with E-state index >= 15 is 0 Å². The van der Waals surface area contributed by atoms with E-state index < -0.39 is 25.2 Å². The molecule has 3 aromatic heterocycles. The van der Waals surface area contributed by atoms with Crippen molar-refractivity contribution in [2.45, 2.75) is 31.2 Å². The smallest absolute Gasteiger partial charge is 0.258 e. The molecule has 0 amide bonds. The molecule has 2 fully saturated rings. The lowest BCUT2D eigenvalue weighted by Gasteiger charge is -2.34. The molecular formula is C22H23F3N8O2. The lowest BCUT2D eigenvalue weighted by Crippen LogP contribution is -2.48. The van der Waals surface area contributed by atoms with Crippen molar-refractivity contribution in [2.75, 3.05) is 38.7 Å². The van der Waals surface area contributed by atoms with E-state index in [9.17, 15) is 13.2 Å². The van der Waals surface area contributed by atoms with Crippen LogP contribution < -0.4 is 10.1 Å². The van der Waals surface area contributed by atoms with E-state index in [1.54, 1.807) is 22.8 Å². The summed E-state index contributed by atoms with van der Waals surface area (Å²) >= 11 is 0. The van der Waals surface area contributed by atoms with Crippen LogP contribution in [0.1, 0.15) is 0 Å². The van der Waals surface area contributed by atoms with Crippen LogP contribution in [-0.4, -0.2) is 92.6 Å². The Kier molecular flexibility index (Phi) is 5.44. The van der Waals surface area contributed by atoms with Gasteiger partial charge in [-0.05, 0) is 23.8 Å². The van der Waals surface area contributed by atoms with Crippen molar-refractivity contribution in [3.63, 3.8) is 0 Å². The summed E-state index contributed by atoms with van der Waals surface area (Å²) in [4.78, 5) is 6.57. The van der Waals surface area contributed by atoms with Crippen LogP contribution in [0.2, 0.25) is 0 Å². The van der Waals surface area contributed by atoms with Gasteiger partial charge in [-0.3, -0.25) is 4.90 Å². The highest BCUT2D eigenvalue weighted by molar-refractivity contribution is 5.89. The average molecular weight is 488 g/mol. The van der Waals surface area contributed by atoms with Crippen molar-refractivity contribution in [2.24, 2.45) is 0 Å². The minimum absolute atomic E-state index is 0.255. The fourth-order valence-electron chi connectivity index (χ4n) is 4.65. The molecule has 2 atom stereocenters. The lowest BCUT2D eigenvalue weighted by atomic mass is 10.1. The maximum absolute atomic E-state index is 14.7.